The summed E-state index contributed by atoms with van der Waals surface area (Å²) in [5, 5.41) is 14.4. The first-order chi connectivity index (χ1) is 9.16. The van der Waals surface area contributed by atoms with Gasteiger partial charge in [0.1, 0.15) is 0 Å². The van der Waals surface area contributed by atoms with Gasteiger partial charge in [-0.2, -0.15) is 0 Å². The Balaban J connectivity index is 1.79. The Morgan fingerprint density at radius 3 is 2.84 bits per heavy atom. The zero-order valence-corrected chi connectivity index (χ0v) is 11.0. The smallest absolute Gasteiger partial charge is 0.274 e. The van der Waals surface area contributed by atoms with E-state index < -0.39 is 0 Å². The Labute approximate surface area is 112 Å². The molecule has 1 aliphatic heterocycles. The van der Waals surface area contributed by atoms with Crippen molar-refractivity contribution >= 4 is 11.4 Å². The largest absolute Gasteiger partial charge is 0.379 e. The number of benzene rings is 1. The molecule has 5 nitrogen and oxygen atoms in total. The molecule has 0 bridgehead atoms. The first-order valence-electron chi connectivity index (χ1n) is 6.79. The molecular formula is C14H18N2O3. The maximum Gasteiger partial charge on any atom is 0.274 e. The van der Waals surface area contributed by atoms with Gasteiger partial charge in [0.2, 0.25) is 0 Å². The Morgan fingerprint density at radius 2 is 2.16 bits per heavy atom. The van der Waals surface area contributed by atoms with Crippen molar-refractivity contribution in [2.75, 3.05) is 11.9 Å². The molecule has 1 aliphatic carbocycles. The summed E-state index contributed by atoms with van der Waals surface area (Å²) in [7, 11) is 0. The number of hydrogen-bond donors (Lipinski definition) is 1. The van der Waals surface area contributed by atoms with Crippen molar-refractivity contribution in [2.45, 2.75) is 38.3 Å². The minimum atomic E-state index is -0.329. The molecule has 0 aromatic heterocycles. The van der Waals surface area contributed by atoms with Crippen LogP contribution < -0.4 is 5.32 Å². The Hall–Kier alpha value is -1.62. The molecule has 1 N–H and O–H groups in total. The van der Waals surface area contributed by atoms with Crippen LogP contribution in [-0.2, 0) is 4.74 Å². The molecule has 2 atom stereocenters. The predicted octanol–water partition coefficient (Wildman–Crippen LogP) is 2.88. The number of hydrogen-bond acceptors (Lipinski definition) is 4. The molecule has 3 rings (SSSR count). The maximum atomic E-state index is 10.9. The van der Waals surface area contributed by atoms with Crippen molar-refractivity contribution in [1.29, 1.82) is 0 Å². The van der Waals surface area contributed by atoms with Crippen molar-refractivity contribution in [3.8, 4) is 0 Å². The highest BCUT2D eigenvalue weighted by atomic mass is 16.6. The highest BCUT2D eigenvalue weighted by Gasteiger charge is 2.40. The molecule has 2 aliphatic rings. The lowest BCUT2D eigenvalue weighted by Crippen LogP contribution is -2.31. The number of nitrogens with zero attached hydrogens (tertiary/aromatic N) is 1. The van der Waals surface area contributed by atoms with Gasteiger partial charge < -0.3 is 10.1 Å². The zero-order chi connectivity index (χ0) is 13.4. The van der Waals surface area contributed by atoms with Crippen LogP contribution in [0.4, 0.5) is 11.4 Å². The summed E-state index contributed by atoms with van der Waals surface area (Å²) in [6.45, 7) is 2.58. The van der Waals surface area contributed by atoms with E-state index >= 15 is 0 Å². The van der Waals surface area contributed by atoms with Crippen molar-refractivity contribution in [3.63, 3.8) is 0 Å². The molecule has 5 heteroatoms. The van der Waals surface area contributed by atoms with E-state index in [1.807, 2.05) is 6.07 Å². The molecule has 19 heavy (non-hydrogen) atoms. The molecule has 2 fully saturated rings. The second-order valence-corrected chi connectivity index (χ2v) is 5.42. The van der Waals surface area contributed by atoms with Gasteiger partial charge in [0.05, 0.1) is 17.1 Å². The minimum absolute atomic E-state index is 0.173. The molecule has 0 spiro atoms. The standard InChI is InChI=1S/C14H18N2O3/c1-9-11(3-2-4-13(9)16(17)18)15-12-7-8-19-14(12)10-5-6-10/h2-4,10,12,14-15H,5-8H2,1H3. The third kappa shape index (κ3) is 2.42. The van der Waals surface area contributed by atoms with E-state index in [2.05, 4.69) is 5.32 Å². The molecule has 1 aromatic rings. The van der Waals surface area contributed by atoms with Crippen molar-refractivity contribution in [3.05, 3.63) is 33.9 Å². The van der Waals surface area contributed by atoms with Gasteiger partial charge in [-0.15, -0.1) is 0 Å². The molecule has 1 heterocycles. The number of nitrogens with one attached hydrogen (secondary N) is 1. The number of ether oxygens (including phenoxy) is 1. The summed E-state index contributed by atoms with van der Waals surface area (Å²) in [6.07, 6.45) is 3.75. The number of rotatable bonds is 4. The summed E-state index contributed by atoms with van der Waals surface area (Å²) in [5.74, 6) is 0.680. The van der Waals surface area contributed by atoms with Gasteiger partial charge in [0.15, 0.2) is 0 Å². The summed E-state index contributed by atoms with van der Waals surface area (Å²) in [6, 6.07) is 5.47. The van der Waals surface area contributed by atoms with E-state index in [1.165, 1.54) is 12.8 Å². The third-order valence-corrected chi connectivity index (χ3v) is 4.07. The van der Waals surface area contributed by atoms with E-state index in [0.717, 1.165) is 18.7 Å². The zero-order valence-electron chi connectivity index (χ0n) is 11.0. The monoisotopic (exact) mass is 262 g/mol. The van der Waals surface area contributed by atoms with Crippen LogP contribution in [0.3, 0.4) is 0 Å². The second kappa shape index (κ2) is 4.81. The van der Waals surface area contributed by atoms with Crippen LogP contribution in [0.2, 0.25) is 0 Å². The van der Waals surface area contributed by atoms with E-state index in [4.69, 9.17) is 4.74 Å². The van der Waals surface area contributed by atoms with Crippen molar-refractivity contribution in [1.82, 2.24) is 0 Å². The quantitative estimate of drug-likeness (QED) is 0.669. The van der Waals surface area contributed by atoms with Gasteiger partial charge in [-0.05, 0) is 38.2 Å². The molecule has 102 valence electrons. The maximum absolute atomic E-state index is 10.9. The van der Waals surface area contributed by atoms with Crippen LogP contribution in [0.25, 0.3) is 0 Å². The normalized spacial score (nSPS) is 26.4. The first-order valence-corrected chi connectivity index (χ1v) is 6.79. The fourth-order valence-electron chi connectivity index (χ4n) is 2.83. The third-order valence-electron chi connectivity index (χ3n) is 4.07. The fourth-order valence-corrected chi connectivity index (χ4v) is 2.83. The Bertz CT molecular complexity index is 499. The van der Waals surface area contributed by atoms with Crippen LogP contribution >= 0.6 is 0 Å². The summed E-state index contributed by atoms with van der Waals surface area (Å²) < 4.78 is 5.78. The number of nitro benzene ring substituents is 1. The molecular weight excluding hydrogens is 244 g/mol. The Morgan fingerprint density at radius 1 is 1.37 bits per heavy atom. The average Bonchev–Trinajstić information content (AvgIpc) is 3.12. The van der Waals surface area contributed by atoms with Crippen LogP contribution in [0.5, 0.6) is 0 Å². The van der Waals surface area contributed by atoms with Crippen LogP contribution in [0, 0.1) is 23.0 Å². The molecule has 0 radical (unpaired) electrons. The summed E-state index contributed by atoms with van der Waals surface area (Å²) in [4.78, 5) is 10.6. The number of anilines is 1. The topological polar surface area (TPSA) is 64.4 Å². The average molecular weight is 262 g/mol. The second-order valence-electron chi connectivity index (χ2n) is 5.42. The number of nitro groups is 1. The molecule has 1 aromatic carbocycles. The summed E-state index contributed by atoms with van der Waals surface area (Å²) in [5.41, 5.74) is 1.73. The van der Waals surface area contributed by atoms with Crippen molar-refractivity contribution in [2.24, 2.45) is 5.92 Å². The molecule has 2 unspecified atom stereocenters. The Kier molecular flexibility index (Phi) is 3.14. The highest BCUT2D eigenvalue weighted by molar-refractivity contribution is 5.60. The lowest BCUT2D eigenvalue weighted by Gasteiger charge is -2.21. The highest BCUT2D eigenvalue weighted by Crippen LogP contribution is 2.40. The molecule has 0 amide bonds. The van der Waals surface area contributed by atoms with Crippen LogP contribution in [0.15, 0.2) is 18.2 Å². The van der Waals surface area contributed by atoms with Gasteiger partial charge in [0.25, 0.3) is 5.69 Å². The fraction of sp³-hybridized carbons (Fsp3) is 0.571. The van der Waals surface area contributed by atoms with Gasteiger partial charge in [-0.25, -0.2) is 0 Å². The SMILES string of the molecule is Cc1c(NC2CCOC2C2CC2)cccc1[N+](=O)[O-]. The van der Waals surface area contributed by atoms with E-state index in [1.54, 1.807) is 19.1 Å². The molecule has 1 saturated heterocycles. The summed E-state index contributed by atoms with van der Waals surface area (Å²) >= 11 is 0. The van der Waals surface area contributed by atoms with Gasteiger partial charge in [0, 0.05) is 23.9 Å². The van der Waals surface area contributed by atoms with E-state index in [0.29, 0.717) is 11.5 Å². The van der Waals surface area contributed by atoms with Gasteiger partial charge in [-0.1, -0.05) is 6.07 Å². The van der Waals surface area contributed by atoms with Crippen molar-refractivity contribution < 1.29 is 9.66 Å². The lowest BCUT2D eigenvalue weighted by atomic mass is 10.0. The van der Waals surface area contributed by atoms with Crippen LogP contribution in [-0.4, -0.2) is 23.7 Å². The first kappa shape index (κ1) is 12.4. The molecule has 1 saturated carbocycles. The van der Waals surface area contributed by atoms with E-state index in [9.17, 15) is 10.1 Å². The van der Waals surface area contributed by atoms with Gasteiger partial charge >= 0.3 is 0 Å². The minimum Gasteiger partial charge on any atom is -0.379 e. The predicted molar refractivity (Wildman–Crippen MR) is 72.3 cm³/mol. The van der Waals surface area contributed by atoms with E-state index in [-0.39, 0.29) is 22.8 Å². The van der Waals surface area contributed by atoms with Crippen LogP contribution in [0.1, 0.15) is 24.8 Å². The van der Waals surface area contributed by atoms with Gasteiger partial charge in [-0.3, -0.25) is 10.1 Å². The lowest BCUT2D eigenvalue weighted by molar-refractivity contribution is -0.385.